The van der Waals surface area contributed by atoms with Crippen LogP contribution < -0.4 is 0 Å². The zero-order valence-corrected chi connectivity index (χ0v) is 13.5. The van der Waals surface area contributed by atoms with Crippen LogP contribution >= 0.6 is 11.6 Å². The van der Waals surface area contributed by atoms with Gasteiger partial charge in [-0.1, -0.05) is 30.8 Å². The van der Waals surface area contributed by atoms with Crippen LogP contribution in [0.15, 0.2) is 58.8 Å². The molecule has 3 heteroatoms. The molecule has 110 valence electrons. The maximum Gasteiger partial charge on any atom is 0.0637 e. The van der Waals surface area contributed by atoms with Gasteiger partial charge in [0.05, 0.1) is 6.61 Å². The summed E-state index contributed by atoms with van der Waals surface area (Å²) >= 11 is 5.81. The predicted octanol–water partition coefficient (Wildman–Crippen LogP) is 4.42. The number of ether oxygens (including phenoxy) is 1. The quantitative estimate of drug-likeness (QED) is 0.644. The Morgan fingerprint density at radius 1 is 1.40 bits per heavy atom. The number of rotatable bonds is 7. The molecule has 0 heterocycles. The fourth-order valence-electron chi connectivity index (χ4n) is 2.14. The van der Waals surface area contributed by atoms with Crippen LogP contribution in [0.4, 0.5) is 0 Å². The maximum atomic E-state index is 5.81. The lowest BCUT2D eigenvalue weighted by Crippen LogP contribution is -2.23. The van der Waals surface area contributed by atoms with Gasteiger partial charge in [-0.15, -0.1) is 0 Å². The van der Waals surface area contributed by atoms with E-state index >= 15 is 0 Å². The van der Waals surface area contributed by atoms with Crippen LogP contribution in [0.5, 0.6) is 0 Å². The van der Waals surface area contributed by atoms with Crippen LogP contribution in [0, 0.1) is 0 Å². The Morgan fingerprint density at radius 3 is 2.60 bits per heavy atom. The SMILES string of the molecule is C=C(Cl)/C=C(/C)C(=C)C1=CC=C(N(C)CCOC)CC1. The van der Waals surface area contributed by atoms with Crippen LogP contribution in [0.1, 0.15) is 19.8 Å². The average molecular weight is 294 g/mol. The molecular weight excluding hydrogens is 270 g/mol. The van der Waals surface area contributed by atoms with Crippen molar-refractivity contribution in [3.05, 3.63) is 58.8 Å². The normalized spacial score (nSPS) is 15.5. The Kier molecular flexibility index (Phi) is 6.83. The first-order valence-corrected chi connectivity index (χ1v) is 7.15. The van der Waals surface area contributed by atoms with Gasteiger partial charge in [0.25, 0.3) is 0 Å². The molecule has 0 bridgehead atoms. The highest BCUT2D eigenvalue weighted by Gasteiger charge is 2.12. The molecule has 0 unspecified atom stereocenters. The fourth-order valence-corrected chi connectivity index (χ4v) is 2.31. The Morgan fingerprint density at radius 2 is 2.10 bits per heavy atom. The highest BCUT2D eigenvalue weighted by molar-refractivity contribution is 6.30. The third-order valence-electron chi connectivity index (χ3n) is 3.49. The number of allylic oxidation sites excluding steroid dienone is 8. The van der Waals surface area contributed by atoms with Crippen LogP contribution in [0.3, 0.4) is 0 Å². The molecule has 0 fully saturated rings. The van der Waals surface area contributed by atoms with Gasteiger partial charge in [-0.25, -0.2) is 0 Å². The minimum Gasteiger partial charge on any atom is -0.383 e. The van der Waals surface area contributed by atoms with E-state index in [1.165, 1.54) is 11.3 Å². The molecule has 0 spiro atoms. The highest BCUT2D eigenvalue weighted by Crippen LogP contribution is 2.28. The molecule has 1 aliphatic carbocycles. The fraction of sp³-hybridized carbons (Fsp3) is 0.412. The standard InChI is InChI=1S/C17H24ClNO/c1-13(12-14(2)18)15(3)16-6-8-17(9-7-16)19(4)10-11-20-5/h6,8,12H,2-3,7,9-11H2,1,4-5H3/b13-12-. The van der Waals surface area contributed by atoms with Crippen molar-refractivity contribution in [3.8, 4) is 0 Å². The molecular formula is C17H24ClNO. The van der Waals surface area contributed by atoms with Gasteiger partial charge in [-0.3, -0.25) is 0 Å². The van der Waals surface area contributed by atoms with E-state index in [0.29, 0.717) is 5.03 Å². The first-order chi connectivity index (χ1) is 9.45. The summed E-state index contributed by atoms with van der Waals surface area (Å²) in [6.07, 6.45) is 8.21. The molecule has 0 N–H and O–H groups in total. The van der Waals surface area contributed by atoms with Crippen LogP contribution in [-0.2, 0) is 4.74 Å². The van der Waals surface area contributed by atoms with Gasteiger partial charge in [0, 0.05) is 31.4 Å². The highest BCUT2D eigenvalue weighted by atomic mass is 35.5. The lowest BCUT2D eigenvalue weighted by molar-refractivity contribution is 0.172. The van der Waals surface area contributed by atoms with Crippen molar-refractivity contribution in [2.24, 2.45) is 0 Å². The monoisotopic (exact) mass is 293 g/mol. The number of methoxy groups -OCH3 is 1. The average Bonchev–Trinajstić information content (AvgIpc) is 2.43. The summed E-state index contributed by atoms with van der Waals surface area (Å²) in [4.78, 5) is 2.24. The molecule has 0 aromatic rings. The Balaban J connectivity index is 2.73. The molecule has 0 aromatic carbocycles. The third-order valence-corrected chi connectivity index (χ3v) is 3.59. The van der Waals surface area contributed by atoms with Gasteiger partial charge in [0.15, 0.2) is 0 Å². The van der Waals surface area contributed by atoms with E-state index in [4.69, 9.17) is 16.3 Å². The van der Waals surface area contributed by atoms with Gasteiger partial charge in [0.1, 0.15) is 0 Å². The summed E-state index contributed by atoms with van der Waals surface area (Å²) in [6.45, 7) is 11.5. The topological polar surface area (TPSA) is 12.5 Å². The van der Waals surface area contributed by atoms with Crippen LogP contribution in [0.25, 0.3) is 0 Å². The van der Waals surface area contributed by atoms with E-state index in [1.807, 2.05) is 13.0 Å². The van der Waals surface area contributed by atoms with Crippen molar-refractivity contribution in [3.63, 3.8) is 0 Å². The van der Waals surface area contributed by atoms with Gasteiger partial charge in [-0.2, -0.15) is 0 Å². The summed E-state index contributed by atoms with van der Waals surface area (Å²) in [5.74, 6) is 0. The van der Waals surface area contributed by atoms with E-state index in [2.05, 4.69) is 37.3 Å². The lowest BCUT2D eigenvalue weighted by Gasteiger charge is -2.25. The molecule has 2 nitrogen and oxygen atoms in total. The Labute approximate surface area is 127 Å². The first kappa shape index (κ1) is 16.8. The summed E-state index contributed by atoms with van der Waals surface area (Å²) in [7, 11) is 3.83. The van der Waals surface area contributed by atoms with Crippen molar-refractivity contribution >= 4 is 11.6 Å². The molecule has 0 aliphatic heterocycles. The zero-order valence-electron chi connectivity index (χ0n) is 12.7. The largest absolute Gasteiger partial charge is 0.383 e. The van der Waals surface area contributed by atoms with Crippen molar-refractivity contribution in [1.82, 2.24) is 4.90 Å². The second-order valence-corrected chi connectivity index (χ2v) is 5.50. The van der Waals surface area contributed by atoms with Gasteiger partial charge >= 0.3 is 0 Å². The second-order valence-electron chi connectivity index (χ2n) is 5.02. The molecule has 0 saturated heterocycles. The first-order valence-electron chi connectivity index (χ1n) is 6.78. The predicted molar refractivity (Wildman–Crippen MR) is 87.8 cm³/mol. The molecule has 0 aromatic heterocycles. The van der Waals surface area contributed by atoms with Crippen molar-refractivity contribution in [2.75, 3.05) is 27.3 Å². The molecule has 0 saturated carbocycles. The molecule has 20 heavy (non-hydrogen) atoms. The van der Waals surface area contributed by atoms with E-state index in [0.717, 1.165) is 37.1 Å². The van der Waals surface area contributed by atoms with Crippen LogP contribution in [-0.4, -0.2) is 32.2 Å². The number of nitrogens with zero attached hydrogens (tertiary/aromatic N) is 1. The summed E-state index contributed by atoms with van der Waals surface area (Å²) in [6, 6.07) is 0. The van der Waals surface area contributed by atoms with Crippen molar-refractivity contribution in [2.45, 2.75) is 19.8 Å². The Hall–Kier alpha value is -1.25. The maximum absolute atomic E-state index is 5.81. The molecule has 0 radical (unpaired) electrons. The Bertz CT molecular complexity index is 471. The number of likely N-dealkylation sites (N-methyl/N-ethyl adjacent to an activating group) is 1. The summed E-state index contributed by atoms with van der Waals surface area (Å²) in [5, 5.41) is 0.538. The third kappa shape index (κ3) is 5.03. The van der Waals surface area contributed by atoms with E-state index in [-0.39, 0.29) is 0 Å². The van der Waals surface area contributed by atoms with Crippen LogP contribution in [0.2, 0.25) is 0 Å². The summed E-state index contributed by atoms with van der Waals surface area (Å²) in [5.41, 5.74) is 4.71. The number of hydrogen-bond donors (Lipinski definition) is 0. The van der Waals surface area contributed by atoms with Gasteiger partial charge in [0.2, 0.25) is 0 Å². The van der Waals surface area contributed by atoms with Crippen molar-refractivity contribution in [1.29, 1.82) is 0 Å². The van der Waals surface area contributed by atoms with E-state index in [9.17, 15) is 0 Å². The smallest absolute Gasteiger partial charge is 0.0637 e. The number of hydrogen-bond acceptors (Lipinski definition) is 2. The van der Waals surface area contributed by atoms with Gasteiger partial charge < -0.3 is 9.64 Å². The zero-order chi connectivity index (χ0) is 15.1. The molecule has 0 amide bonds. The van der Waals surface area contributed by atoms with Crippen molar-refractivity contribution < 1.29 is 4.74 Å². The molecule has 0 atom stereocenters. The van der Waals surface area contributed by atoms with Gasteiger partial charge in [-0.05, 0) is 48.6 Å². The molecule has 1 aliphatic rings. The summed E-state index contributed by atoms with van der Waals surface area (Å²) < 4.78 is 5.10. The van der Waals surface area contributed by atoms with E-state index < -0.39 is 0 Å². The van der Waals surface area contributed by atoms with E-state index in [1.54, 1.807) is 7.11 Å². The minimum atomic E-state index is 0.538. The second kappa shape index (κ2) is 8.13. The minimum absolute atomic E-state index is 0.538. The number of halogens is 1. The molecule has 1 rings (SSSR count). The lowest BCUT2D eigenvalue weighted by atomic mass is 9.92.